The van der Waals surface area contributed by atoms with Gasteiger partial charge in [-0.2, -0.15) is 13.2 Å². The molecule has 7 heteroatoms. The smallest absolute Gasteiger partial charge is 0.330 e. The monoisotopic (exact) mass is 285 g/mol. The molecular formula is C8H7BrF3NO2. The van der Waals surface area contributed by atoms with Crippen LogP contribution < -0.4 is 0 Å². The number of nitrogens with zero attached hydrogens (tertiary/aromatic N) is 1. The van der Waals surface area contributed by atoms with Crippen LogP contribution in [0.1, 0.15) is 6.42 Å². The Morgan fingerprint density at radius 1 is 1.47 bits per heavy atom. The summed E-state index contributed by atoms with van der Waals surface area (Å²) in [5.74, 6) is -1.90. The minimum atomic E-state index is -4.88. The fourth-order valence-electron chi connectivity index (χ4n) is 1.22. The van der Waals surface area contributed by atoms with Crippen molar-refractivity contribution in [3.63, 3.8) is 0 Å². The summed E-state index contributed by atoms with van der Waals surface area (Å²) in [5.41, 5.74) is 0.179. The van der Waals surface area contributed by atoms with Crippen LogP contribution in [0.5, 0.6) is 0 Å². The number of aldehydes is 1. The Hall–Kier alpha value is -0.850. The van der Waals surface area contributed by atoms with E-state index >= 15 is 0 Å². The lowest BCUT2D eigenvalue weighted by molar-refractivity contribution is -0.185. The van der Waals surface area contributed by atoms with Crippen molar-refractivity contribution in [2.45, 2.75) is 12.6 Å². The van der Waals surface area contributed by atoms with Crippen molar-refractivity contribution < 1.29 is 22.8 Å². The summed E-state index contributed by atoms with van der Waals surface area (Å²) in [4.78, 5) is 21.9. The van der Waals surface area contributed by atoms with Gasteiger partial charge in [0.15, 0.2) is 0 Å². The summed E-state index contributed by atoms with van der Waals surface area (Å²) in [6, 6.07) is 0. The van der Waals surface area contributed by atoms with E-state index in [1.54, 1.807) is 0 Å². The van der Waals surface area contributed by atoms with Gasteiger partial charge in [0, 0.05) is 23.1 Å². The normalized spacial score (nSPS) is 18.0. The highest BCUT2D eigenvalue weighted by atomic mass is 79.9. The zero-order chi connectivity index (χ0) is 11.6. The molecule has 0 aliphatic carbocycles. The first-order chi connectivity index (χ1) is 6.86. The summed E-state index contributed by atoms with van der Waals surface area (Å²) >= 11 is 3.07. The van der Waals surface area contributed by atoms with Crippen LogP contribution in [0, 0.1) is 0 Å². The maximum atomic E-state index is 12.1. The molecule has 1 aliphatic rings. The minimum Gasteiger partial charge on any atom is -0.330 e. The Bertz CT molecular complexity index is 324. The zero-order valence-electron chi connectivity index (χ0n) is 7.47. The van der Waals surface area contributed by atoms with Gasteiger partial charge in [0.25, 0.3) is 0 Å². The number of amides is 1. The molecular weight excluding hydrogens is 279 g/mol. The van der Waals surface area contributed by atoms with E-state index in [9.17, 15) is 22.8 Å². The number of halogens is 4. The fraction of sp³-hybridized carbons (Fsp3) is 0.500. The van der Waals surface area contributed by atoms with Gasteiger partial charge in [0.1, 0.15) is 6.29 Å². The number of hydrogen-bond acceptors (Lipinski definition) is 2. The van der Waals surface area contributed by atoms with Crippen LogP contribution in [0.25, 0.3) is 0 Å². The average Bonchev–Trinajstić information content (AvgIpc) is 2.16. The molecule has 1 heterocycles. The fourth-order valence-corrected chi connectivity index (χ4v) is 1.61. The van der Waals surface area contributed by atoms with Crippen LogP contribution in [-0.4, -0.2) is 36.4 Å². The molecule has 0 N–H and O–H groups in total. The highest BCUT2D eigenvalue weighted by Gasteiger charge is 2.43. The molecule has 15 heavy (non-hydrogen) atoms. The average molecular weight is 286 g/mol. The van der Waals surface area contributed by atoms with Gasteiger partial charge in [-0.1, -0.05) is 15.9 Å². The van der Waals surface area contributed by atoms with Crippen molar-refractivity contribution >= 4 is 28.1 Å². The third-order valence-electron chi connectivity index (χ3n) is 1.98. The summed E-state index contributed by atoms with van der Waals surface area (Å²) in [6.45, 7) is -0.321. The molecule has 3 nitrogen and oxygen atoms in total. The lowest BCUT2D eigenvalue weighted by Gasteiger charge is -2.27. The van der Waals surface area contributed by atoms with Crippen molar-refractivity contribution in [1.82, 2.24) is 4.90 Å². The van der Waals surface area contributed by atoms with Crippen molar-refractivity contribution in [3.05, 3.63) is 10.1 Å². The predicted octanol–water partition coefficient (Wildman–Crippen LogP) is 1.63. The predicted molar refractivity (Wildman–Crippen MR) is 49.3 cm³/mol. The number of alkyl halides is 3. The lowest BCUT2D eigenvalue weighted by atomic mass is 10.1. The SMILES string of the molecule is O=CC1=C(Br)CCN(C(=O)C(F)(F)F)C1. The zero-order valence-corrected chi connectivity index (χ0v) is 9.06. The van der Waals surface area contributed by atoms with Crippen molar-refractivity contribution in [2.75, 3.05) is 13.1 Å². The number of rotatable bonds is 1. The first-order valence-electron chi connectivity index (χ1n) is 4.05. The standard InChI is InChI=1S/C8H7BrF3NO2/c9-6-1-2-13(3-5(6)4-14)7(15)8(10,11)12/h4H,1-3H2. The molecule has 0 spiro atoms. The molecule has 0 unspecified atom stereocenters. The molecule has 1 aliphatic heterocycles. The van der Waals surface area contributed by atoms with E-state index in [-0.39, 0.29) is 25.1 Å². The second-order valence-corrected chi connectivity index (χ2v) is 3.98. The van der Waals surface area contributed by atoms with Gasteiger partial charge in [-0.3, -0.25) is 9.59 Å². The highest BCUT2D eigenvalue weighted by Crippen LogP contribution is 2.25. The van der Waals surface area contributed by atoms with Crippen LogP contribution in [0.3, 0.4) is 0 Å². The van der Waals surface area contributed by atoms with E-state index < -0.39 is 12.1 Å². The first-order valence-corrected chi connectivity index (χ1v) is 4.84. The van der Waals surface area contributed by atoms with E-state index in [1.165, 1.54) is 0 Å². The number of carbonyl (C=O) groups excluding carboxylic acids is 2. The Kier molecular flexibility index (Phi) is 3.54. The van der Waals surface area contributed by atoms with Crippen LogP contribution >= 0.6 is 15.9 Å². The van der Waals surface area contributed by atoms with Gasteiger partial charge >= 0.3 is 12.1 Å². The molecule has 84 valence electrons. The molecule has 0 aromatic heterocycles. The van der Waals surface area contributed by atoms with Gasteiger partial charge in [0.05, 0.1) is 0 Å². The van der Waals surface area contributed by atoms with Gasteiger partial charge in [-0.25, -0.2) is 0 Å². The van der Waals surface area contributed by atoms with Crippen LogP contribution in [0.4, 0.5) is 13.2 Å². The molecule has 0 bridgehead atoms. The minimum absolute atomic E-state index is 0.0315. The third kappa shape index (κ3) is 2.80. The maximum absolute atomic E-state index is 12.1. The van der Waals surface area contributed by atoms with E-state index in [0.717, 1.165) is 0 Å². The van der Waals surface area contributed by atoms with Crippen molar-refractivity contribution in [2.24, 2.45) is 0 Å². The first kappa shape index (κ1) is 12.2. The summed E-state index contributed by atoms with van der Waals surface area (Å²) in [6.07, 6.45) is -4.19. The molecule has 0 saturated carbocycles. The van der Waals surface area contributed by atoms with Gasteiger partial charge in [-0.05, 0) is 6.42 Å². The summed E-state index contributed by atoms with van der Waals surface area (Å²) in [5, 5.41) is 0. The second-order valence-electron chi connectivity index (χ2n) is 3.02. The van der Waals surface area contributed by atoms with Crippen LogP contribution in [-0.2, 0) is 9.59 Å². The molecule has 0 radical (unpaired) electrons. The topological polar surface area (TPSA) is 37.4 Å². The Balaban J connectivity index is 2.79. The molecule has 1 amide bonds. The highest BCUT2D eigenvalue weighted by molar-refractivity contribution is 9.11. The van der Waals surface area contributed by atoms with Gasteiger partial charge in [0.2, 0.25) is 0 Å². The van der Waals surface area contributed by atoms with Crippen molar-refractivity contribution in [1.29, 1.82) is 0 Å². The Labute approximate surface area is 92.0 Å². The summed E-state index contributed by atoms with van der Waals surface area (Å²) < 4.78 is 36.7. The van der Waals surface area contributed by atoms with E-state index in [4.69, 9.17) is 0 Å². The third-order valence-corrected chi connectivity index (χ3v) is 2.89. The van der Waals surface area contributed by atoms with Gasteiger partial charge in [-0.15, -0.1) is 0 Å². The molecule has 0 fully saturated rings. The van der Waals surface area contributed by atoms with E-state index in [0.29, 0.717) is 15.7 Å². The van der Waals surface area contributed by atoms with Crippen LogP contribution in [0.2, 0.25) is 0 Å². The Morgan fingerprint density at radius 3 is 2.53 bits per heavy atom. The molecule has 0 atom stereocenters. The largest absolute Gasteiger partial charge is 0.471 e. The van der Waals surface area contributed by atoms with Crippen molar-refractivity contribution in [3.8, 4) is 0 Å². The number of hydrogen-bond donors (Lipinski definition) is 0. The second kappa shape index (κ2) is 4.34. The lowest BCUT2D eigenvalue weighted by Crippen LogP contribution is -2.44. The Morgan fingerprint density at radius 2 is 2.07 bits per heavy atom. The number of carbonyl (C=O) groups is 2. The molecule has 0 aromatic rings. The van der Waals surface area contributed by atoms with E-state index in [1.807, 2.05) is 0 Å². The van der Waals surface area contributed by atoms with Crippen LogP contribution in [0.15, 0.2) is 10.1 Å². The molecule has 0 saturated heterocycles. The summed E-state index contributed by atoms with van der Waals surface area (Å²) in [7, 11) is 0. The molecule has 0 aromatic carbocycles. The quantitative estimate of drug-likeness (QED) is 0.687. The maximum Gasteiger partial charge on any atom is 0.471 e. The van der Waals surface area contributed by atoms with Gasteiger partial charge < -0.3 is 4.90 Å². The molecule has 1 rings (SSSR count). The van der Waals surface area contributed by atoms with E-state index in [2.05, 4.69) is 15.9 Å².